The van der Waals surface area contributed by atoms with Crippen molar-refractivity contribution in [2.24, 2.45) is 23.7 Å². The Hall–Kier alpha value is -3.72. The van der Waals surface area contributed by atoms with E-state index in [0.717, 1.165) is 0 Å². The van der Waals surface area contributed by atoms with Crippen molar-refractivity contribution in [1.82, 2.24) is 0 Å². The Bertz CT molecular complexity index is 1570. The number of aliphatic hydroxyl groups excluding tert-OH is 2. The molecule has 3 aliphatic rings. The maximum atomic E-state index is 14.5. The third-order valence-electron chi connectivity index (χ3n) is 9.58. The molecule has 0 amide bonds. The summed E-state index contributed by atoms with van der Waals surface area (Å²) in [6, 6.07) is 10.4. The number of benzene rings is 2. The minimum absolute atomic E-state index is 0.0932. The predicted octanol–water partition coefficient (Wildman–Crippen LogP) is 4.77. The highest BCUT2D eigenvalue weighted by molar-refractivity contribution is 6.74. The van der Waals surface area contributed by atoms with Crippen molar-refractivity contribution in [3.8, 4) is 17.2 Å². The van der Waals surface area contributed by atoms with Crippen LogP contribution < -0.4 is 24.6 Å². The fourth-order valence-electron chi connectivity index (χ4n) is 6.39. The molecule has 0 spiro atoms. The standard InChI is InChI=1S/C33H40O8Si/c1-33(2,3)42(7,8)41-18-15-21(17-13-23(38-4)32(40-6)24(14-17)39-5)25-22(16-18)30(36)26-27(31(25)37)29(35)20-12-10-9-11-19(20)28(26)34/h9-15,21-22,25-27,34-35H,16H2,1-8H3/t21-,22-,25+,26?,27?/m1/s1. The Balaban J connectivity index is 1.71. The van der Waals surface area contributed by atoms with Gasteiger partial charge in [-0.05, 0) is 41.9 Å². The molecule has 1 saturated carbocycles. The lowest BCUT2D eigenvalue weighted by Crippen LogP contribution is -2.56. The molecule has 42 heavy (non-hydrogen) atoms. The van der Waals surface area contributed by atoms with E-state index in [1.54, 1.807) is 36.4 Å². The SMILES string of the molecule is COc1cc([C@H]2C=C(O[Si](C)(C)C(C)(C)C)C[C@H]3C(=O)C4C(O)=c5ccccc5=C(O)C4C(=O)[C@@H]23)cc(OC)c1OC. The predicted molar refractivity (Wildman–Crippen MR) is 162 cm³/mol. The Morgan fingerprint density at radius 2 is 1.36 bits per heavy atom. The average molecular weight is 593 g/mol. The zero-order chi connectivity index (χ0) is 30.7. The van der Waals surface area contributed by atoms with Crippen LogP contribution >= 0.6 is 0 Å². The van der Waals surface area contributed by atoms with Crippen LogP contribution in [0.25, 0.3) is 11.5 Å². The normalized spacial score (nSPS) is 25.6. The van der Waals surface area contributed by atoms with Gasteiger partial charge in [0, 0.05) is 34.6 Å². The minimum atomic E-state index is -2.31. The number of allylic oxidation sites excluding steroid dienone is 2. The minimum Gasteiger partial charge on any atom is -0.547 e. The molecule has 0 radical (unpaired) electrons. The molecule has 0 heterocycles. The lowest BCUT2D eigenvalue weighted by Gasteiger charge is -2.46. The van der Waals surface area contributed by atoms with Crippen LogP contribution in [0, 0.1) is 23.7 Å². The Kier molecular flexibility index (Phi) is 7.46. The second-order valence-electron chi connectivity index (χ2n) is 12.9. The first kappa shape index (κ1) is 29.8. The van der Waals surface area contributed by atoms with Crippen LogP contribution in [0.5, 0.6) is 17.2 Å². The number of ketones is 2. The summed E-state index contributed by atoms with van der Waals surface area (Å²) >= 11 is 0. The maximum Gasteiger partial charge on any atom is 0.250 e. The van der Waals surface area contributed by atoms with E-state index in [1.165, 1.54) is 21.3 Å². The quantitative estimate of drug-likeness (QED) is 0.462. The van der Waals surface area contributed by atoms with Crippen LogP contribution in [0.2, 0.25) is 18.1 Å². The van der Waals surface area contributed by atoms with Gasteiger partial charge in [-0.3, -0.25) is 9.59 Å². The monoisotopic (exact) mass is 592 g/mol. The zero-order valence-electron chi connectivity index (χ0n) is 25.5. The third kappa shape index (κ3) is 4.58. The van der Waals surface area contributed by atoms with Gasteiger partial charge in [-0.1, -0.05) is 45.0 Å². The van der Waals surface area contributed by atoms with Crippen LogP contribution in [0.3, 0.4) is 0 Å². The molecule has 2 unspecified atom stereocenters. The van der Waals surface area contributed by atoms with Crippen molar-refractivity contribution in [2.45, 2.75) is 51.2 Å². The number of carbonyl (C=O) groups is 2. The lowest BCUT2D eigenvalue weighted by atomic mass is 9.57. The van der Waals surface area contributed by atoms with Crippen LogP contribution in [-0.4, -0.2) is 51.4 Å². The molecule has 0 aliphatic heterocycles. The fraction of sp³-hybridized carbons (Fsp3) is 0.455. The van der Waals surface area contributed by atoms with E-state index in [4.69, 9.17) is 18.6 Å². The van der Waals surface area contributed by atoms with Crippen molar-refractivity contribution in [3.63, 3.8) is 0 Å². The highest BCUT2D eigenvalue weighted by atomic mass is 28.4. The number of methoxy groups -OCH3 is 3. The molecule has 0 bridgehead atoms. The molecule has 5 rings (SSSR count). The summed E-state index contributed by atoms with van der Waals surface area (Å²) in [7, 11) is 2.26. The van der Waals surface area contributed by atoms with Gasteiger partial charge >= 0.3 is 0 Å². The topological polar surface area (TPSA) is 112 Å². The van der Waals surface area contributed by atoms with Crippen molar-refractivity contribution >= 4 is 31.4 Å². The van der Waals surface area contributed by atoms with Gasteiger partial charge in [-0.15, -0.1) is 0 Å². The molecule has 5 atom stereocenters. The molecule has 9 heteroatoms. The van der Waals surface area contributed by atoms with Gasteiger partial charge in [0.05, 0.1) is 38.9 Å². The number of ether oxygens (including phenoxy) is 3. The first-order valence-corrected chi connectivity index (χ1v) is 17.1. The van der Waals surface area contributed by atoms with E-state index in [9.17, 15) is 19.8 Å². The second-order valence-corrected chi connectivity index (χ2v) is 17.6. The van der Waals surface area contributed by atoms with E-state index in [0.29, 0.717) is 39.0 Å². The lowest BCUT2D eigenvalue weighted by molar-refractivity contribution is -0.145. The first-order chi connectivity index (χ1) is 19.7. The summed E-state index contributed by atoms with van der Waals surface area (Å²) in [5, 5.41) is 23.3. The summed E-state index contributed by atoms with van der Waals surface area (Å²) in [5.74, 6) is -3.45. The summed E-state index contributed by atoms with van der Waals surface area (Å²) in [6.07, 6.45) is 2.19. The van der Waals surface area contributed by atoms with Crippen molar-refractivity contribution in [3.05, 3.63) is 64.2 Å². The number of fused-ring (bicyclic) bond motifs is 3. The molecular formula is C33H40O8Si. The van der Waals surface area contributed by atoms with Crippen molar-refractivity contribution < 1.29 is 38.4 Å². The van der Waals surface area contributed by atoms with Gasteiger partial charge in [0.2, 0.25) is 14.1 Å². The zero-order valence-corrected chi connectivity index (χ0v) is 26.5. The fourth-order valence-corrected chi connectivity index (χ4v) is 7.50. The van der Waals surface area contributed by atoms with E-state index in [2.05, 4.69) is 33.9 Å². The van der Waals surface area contributed by atoms with Gasteiger partial charge in [0.15, 0.2) is 11.5 Å². The largest absolute Gasteiger partial charge is 0.547 e. The summed E-state index contributed by atoms with van der Waals surface area (Å²) in [4.78, 5) is 28.8. The van der Waals surface area contributed by atoms with Crippen LogP contribution in [0.4, 0.5) is 0 Å². The molecule has 2 aromatic rings. The molecular weight excluding hydrogens is 552 g/mol. The molecule has 1 fully saturated rings. The summed E-state index contributed by atoms with van der Waals surface area (Å²) in [6.45, 7) is 10.7. The van der Waals surface area contributed by atoms with E-state index >= 15 is 0 Å². The summed E-state index contributed by atoms with van der Waals surface area (Å²) < 4.78 is 23.5. The number of rotatable bonds is 6. The number of Topliss-reactive ketones (excluding diaryl/α,β-unsaturated/α-hetero) is 2. The van der Waals surface area contributed by atoms with Gasteiger partial charge < -0.3 is 28.8 Å². The maximum absolute atomic E-state index is 14.5. The smallest absolute Gasteiger partial charge is 0.250 e. The number of carbonyl (C=O) groups excluding carboxylic acids is 2. The molecule has 2 N–H and O–H groups in total. The Morgan fingerprint density at radius 1 is 0.833 bits per heavy atom. The molecule has 0 saturated heterocycles. The number of aliphatic hydroxyl groups is 2. The molecule has 3 aliphatic carbocycles. The van der Waals surface area contributed by atoms with E-state index in [-0.39, 0.29) is 34.5 Å². The average Bonchev–Trinajstić information content (AvgIpc) is 2.95. The number of hydrogen-bond donors (Lipinski definition) is 2. The molecule has 8 nitrogen and oxygen atoms in total. The highest BCUT2D eigenvalue weighted by Gasteiger charge is 2.57. The van der Waals surface area contributed by atoms with E-state index in [1.807, 2.05) is 6.08 Å². The second kappa shape index (κ2) is 10.5. The number of hydrogen-bond acceptors (Lipinski definition) is 8. The van der Waals surface area contributed by atoms with Crippen LogP contribution in [0.15, 0.2) is 48.2 Å². The van der Waals surface area contributed by atoms with Gasteiger partial charge in [0.1, 0.15) is 23.1 Å². The highest BCUT2D eigenvalue weighted by Crippen LogP contribution is 2.53. The molecule has 224 valence electrons. The third-order valence-corrected chi connectivity index (χ3v) is 14.0. The summed E-state index contributed by atoms with van der Waals surface area (Å²) in [5.41, 5.74) is 0.694. The first-order valence-electron chi connectivity index (χ1n) is 14.2. The van der Waals surface area contributed by atoms with Crippen LogP contribution in [-0.2, 0) is 14.0 Å². The van der Waals surface area contributed by atoms with Gasteiger partial charge in [-0.2, -0.15) is 0 Å². The van der Waals surface area contributed by atoms with Gasteiger partial charge in [0.25, 0.3) is 0 Å². The molecule has 2 aromatic carbocycles. The Morgan fingerprint density at radius 3 is 1.83 bits per heavy atom. The van der Waals surface area contributed by atoms with Gasteiger partial charge in [-0.25, -0.2) is 0 Å². The van der Waals surface area contributed by atoms with Crippen LogP contribution in [0.1, 0.15) is 38.7 Å². The van der Waals surface area contributed by atoms with Crippen molar-refractivity contribution in [1.29, 1.82) is 0 Å². The van der Waals surface area contributed by atoms with E-state index < -0.39 is 37.9 Å². The van der Waals surface area contributed by atoms with Crippen molar-refractivity contribution in [2.75, 3.05) is 21.3 Å². The molecule has 0 aromatic heterocycles. The Labute approximate surface area is 247 Å².